The highest BCUT2D eigenvalue weighted by molar-refractivity contribution is 6.00. The fraction of sp³-hybridized carbons (Fsp3) is 0.250. The fourth-order valence-electron chi connectivity index (χ4n) is 4.13. The van der Waals surface area contributed by atoms with Gasteiger partial charge in [0.15, 0.2) is 0 Å². The number of carbonyl (C=O) groups excluding carboxylic acids is 1. The molecule has 6 heteroatoms. The summed E-state index contributed by atoms with van der Waals surface area (Å²) in [6.45, 7) is 4.21. The maximum Gasteiger partial charge on any atom is 0.245 e. The molecule has 0 heterocycles. The van der Waals surface area contributed by atoms with E-state index in [-0.39, 0.29) is 5.91 Å². The number of rotatable bonds is 13. The first kappa shape index (κ1) is 28.4. The van der Waals surface area contributed by atoms with E-state index in [0.29, 0.717) is 24.4 Å². The van der Waals surface area contributed by atoms with Crippen LogP contribution in [0.3, 0.4) is 0 Å². The van der Waals surface area contributed by atoms with Crippen LogP contribution in [0, 0.1) is 5.41 Å². The Balaban J connectivity index is 1.72. The number of benzene rings is 3. The average Bonchev–Trinajstić information content (AvgIpc) is 2.94. The van der Waals surface area contributed by atoms with Crippen molar-refractivity contribution in [3.8, 4) is 5.75 Å². The highest BCUT2D eigenvalue weighted by atomic mass is 16.5. The zero-order valence-corrected chi connectivity index (χ0v) is 22.5. The number of nitrogens with two attached hydrogens (primary N) is 1. The van der Waals surface area contributed by atoms with Crippen LogP contribution in [0.1, 0.15) is 42.0 Å². The summed E-state index contributed by atoms with van der Waals surface area (Å²) in [5, 5.41) is 11.1. The van der Waals surface area contributed by atoms with Crippen LogP contribution in [0.15, 0.2) is 84.9 Å². The second kappa shape index (κ2) is 14.5. The van der Waals surface area contributed by atoms with Crippen LogP contribution in [-0.4, -0.2) is 50.8 Å². The molecule has 0 saturated carbocycles. The molecule has 0 aliphatic heterocycles. The molecule has 1 amide bonds. The third kappa shape index (κ3) is 7.92. The molecule has 6 nitrogen and oxygen atoms in total. The number of anilines is 1. The van der Waals surface area contributed by atoms with Crippen molar-refractivity contribution in [3.63, 3.8) is 0 Å². The lowest BCUT2D eigenvalue weighted by Crippen LogP contribution is -2.20. The highest BCUT2D eigenvalue weighted by Crippen LogP contribution is 2.35. The monoisotopic (exact) mass is 510 g/mol. The molecule has 0 fully saturated rings. The van der Waals surface area contributed by atoms with Crippen LogP contribution in [0.2, 0.25) is 0 Å². The molecule has 0 aromatic heterocycles. The molecule has 0 bridgehead atoms. The second-order valence-electron chi connectivity index (χ2n) is 9.13. The first-order valence-electron chi connectivity index (χ1n) is 12.9. The SMILES string of the molecule is CC/C(=C(/c1ccc(OCCCNC/C=C/C(=O)N(C)C)cc1)c1ccc(N)c(C=N)c1)c1ccccc1. The van der Waals surface area contributed by atoms with Gasteiger partial charge in [-0.1, -0.05) is 61.5 Å². The van der Waals surface area contributed by atoms with Crippen LogP contribution in [0.25, 0.3) is 11.1 Å². The summed E-state index contributed by atoms with van der Waals surface area (Å²) < 4.78 is 5.97. The minimum absolute atomic E-state index is 0.0158. The summed E-state index contributed by atoms with van der Waals surface area (Å²) in [6, 6.07) is 24.5. The number of hydrogen-bond donors (Lipinski definition) is 3. The van der Waals surface area contributed by atoms with Gasteiger partial charge in [0.2, 0.25) is 5.91 Å². The van der Waals surface area contributed by atoms with Crippen molar-refractivity contribution in [3.05, 3.63) is 107 Å². The van der Waals surface area contributed by atoms with Gasteiger partial charge in [-0.25, -0.2) is 0 Å². The molecule has 3 aromatic carbocycles. The van der Waals surface area contributed by atoms with Crippen LogP contribution in [0.5, 0.6) is 5.75 Å². The van der Waals surface area contributed by atoms with Gasteiger partial charge in [-0.2, -0.15) is 0 Å². The maximum absolute atomic E-state index is 11.5. The molecular weight excluding hydrogens is 472 g/mol. The largest absolute Gasteiger partial charge is 0.494 e. The normalized spacial score (nSPS) is 11.8. The van der Waals surface area contributed by atoms with Gasteiger partial charge in [0, 0.05) is 44.2 Å². The smallest absolute Gasteiger partial charge is 0.245 e. The van der Waals surface area contributed by atoms with Crippen molar-refractivity contribution in [2.24, 2.45) is 0 Å². The van der Waals surface area contributed by atoms with Gasteiger partial charge in [-0.3, -0.25) is 4.79 Å². The number of amides is 1. The molecule has 38 heavy (non-hydrogen) atoms. The number of nitrogens with zero attached hydrogens (tertiary/aromatic N) is 1. The third-order valence-electron chi connectivity index (χ3n) is 6.18. The number of hydrogen-bond acceptors (Lipinski definition) is 5. The predicted octanol–water partition coefficient (Wildman–Crippen LogP) is 5.64. The van der Waals surface area contributed by atoms with Crippen LogP contribution in [0.4, 0.5) is 5.69 Å². The first-order chi connectivity index (χ1) is 18.4. The Morgan fingerprint density at radius 2 is 1.71 bits per heavy atom. The maximum atomic E-state index is 11.5. The lowest BCUT2D eigenvalue weighted by Gasteiger charge is -2.18. The van der Waals surface area contributed by atoms with Crippen LogP contribution in [-0.2, 0) is 4.79 Å². The van der Waals surface area contributed by atoms with Gasteiger partial charge in [-0.05, 0) is 71.5 Å². The van der Waals surface area contributed by atoms with Crippen molar-refractivity contribution in [2.45, 2.75) is 19.8 Å². The molecule has 3 aromatic rings. The number of carbonyl (C=O) groups is 1. The van der Waals surface area contributed by atoms with E-state index in [2.05, 4.69) is 48.6 Å². The first-order valence-corrected chi connectivity index (χ1v) is 12.9. The zero-order valence-electron chi connectivity index (χ0n) is 22.5. The lowest BCUT2D eigenvalue weighted by molar-refractivity contribution is -0.123. The minimum atomic E-state index is -0.0158. The fourth-order valence-corrected chi connectivity index (χ4v) is 4.13. The van der Waals surface area contributed by atoms with E-state index in [1.807, 2.05) is 42.5 Å². The van der Waals surface area contributed by atoms with Gasteiger partial charge in [-0.15, -0.1) is 0 Å². The van der Waals surface area contributed by atoms with Gasteiger partial charge in [0.1, 0.15) is 5.75 Å². The number of nitrogens with one attached hydrogen (secondary N) is 2. The van der Waals surface area contributed by atoms with E-state index in [9.17, 15) is 4.79 Å². The quantitative estimate of drug-likeness (QED) is 0.0913. The Kier molecular flexibility index (Phi) is 10.9. The van der Waals surface area contributed by atoms with E-state index < -0.39 is 0 Å². The zero-order chi connectivity index (χ0) is 27.3. The molecule has 198 valence electrons. The standard InChI is InChI=1S/C32H38N4O2/c1-4-29(24-10-6-5-7-11-24)32(26-15-18-30(34)27(22-26)23-33)25-13-16-28(17-14-25)38-21-9-20-35-19-8-12-31(37)36(2)3/h5-8,10-18,22-23,33,35H,4,9,19-21,34H2,1-3H3/b12-8+,32-29+,33-23?. The molecule has 0 aliphatic carbocycles. The van der Waals surface area contributed by atoms with Gasteiger partial charge >= 0.3 is 0 Å². The van der Waals surface area contributed by atoms with E-state index in [1.165, 1.54) is 17.4 Å². The summed E-state index contributed by atoms with van der Waals surface area (Å²) in [6.07, 6.45) is 6.42. The van der Waals surface area contributed by atoms with E-state index in [1.54, 1.807) is 25.1 Å². The second-order valence-corrected chi connectivity index (χ2v) is 9.13. The molecule has 0 aliphatic rings. The molecule has 0 unspecified atom stereocenters. The summed E-state index contributed by atoms with van der Waals surface area (Å²) in [4.78, 5) is 13.1. The van der Waals surface area contributed by atoms with Gasteiger partial charge in [0.05, 0.1) is 6.61 Å². The van der Waals surface area contributed by atoms with Gasteiger partial charge in [0.25, 0.3) is 0 Å². The third-order valence-corrected chi connectivity index (χ3v) is 6.18. The molecular formula is C32H38N4O2. The number of nitrogen functional groups attached to an aromatic ring is 1. The van der Waals surface area contributed by atoms with E-state index >= 15 is 0 Å². The number of allylic oxidation sites excluding steroid dienone is 1. The van der Waals surface area contributed by atoms with Crippen molar-refractivity contribution >= 4 is 29.0 Å². The predicted molar refractivity (Wildman–Crippen MR) is 159 cm³/mol. The van der Waals surface area contributed by atoms with Crippen LogP contribution < -0.4 is 15.8 Å². The summed E-state index contributed by atoms with van der Waals surface area (Å²) in [7, 11) is 3.47. The minimum Gasteiger partial charge on any atom is -0.494 e. The Morgan fingerprint density at radius 3 is 2.37 bits per heavy atom. The highest BCUT2D eigenvalue weighted by Gasteiger charge is 2.14. The molecule has 3 rings (SSSR count). The molecule has 0 radical (unpaired) electrons. The topological polar surface area (TPSA) is 91.4 Å². The van der Waals surface area contributed by atoms with E-state index in [4.69, 9.17) is 15.9 Å². The average molecular weight is 511 g/mol. The summed E-state index contributed by atoms with van der Waals surface area (Å²) >= 11 is 0. The Bertz CT molecular complexity index is 1260. The van der Waals surface area contributed by atoms with Crippen molar-refractivity contribution in [2.75, 3.05) is 39.5 Å². The summed E-state index contributed by atoms with van der Waals surface area (Å²) in [5.41, 5.74) is 13.0. The van der Waals surface area contributed by atoms with Crippen molar-refractivity contribution in [1.29, 1.82) is 5.41 Å². The Morgan fingerprint density at radius 1 is 1.00 bits per heavy atom. The molecule has 0 spiro atoms. The Hall–Kier alpha value is -4.16. The number of likely N-dealkylation sites (N-methyl/N-ethyl adjacent to an activating group) is 1. The van der Waals surface area contributed by atoms with Crippen molar-refractivity contribution < 1.29 is 9.53 Å². The lowest BCUT2D eigenvalue weighted by atomic mass is 9.87. The molecule has 0 saturated heterocycles. The molecule has 0 atom stereocenters. The van der Waals surface area contributed by atoms with E-state index in [0.717, 1.165) is 41.8 Å². The van der Waals surface area contributed by atoms with Crippen molar-refractivity contribution in [1.82, 2.24) is 10.2 Å². The summed E-state index contributed by atoms with van der Waals surface area (Å²) in [5.74, 6) is 0.804. The van der Waals surface area contributed by atoms with Crippen LogP contribution >= 0.6 is 0 Å². The Labute approximate surface area is 226 Å². The molecule has 4 N–H and O–H groups in total. The number of ether oxygens (including phenoxy) is 1. The van der Waals surface area contributed by atoms with Gasteiger partial charge < -0.3 is 26.1 Å².